The molecule has 40 heavy (non-hydrogen) atoms. The number of fused-ring (bicyclic) bond motifs is 3. The highest BCUT2D eigenvalue weighted by Crippen LogP contribution is 2.35. The number of para-hydroxylation sites is 1. The quantitative estimate of drug-likeness (QED) is 0.363. The summed E-state index contributed by atoms with van der Waals surface area (Å²) in [5.74, 6) is 0.177. The normalized spacial score (nSPS) is 17.8. The van der Waals surface area contributed by atoms with Gasteiger partial charge < -0.3 is 14.6 Å². The van der Waals surface area contributed by atoms with Crippen LogP contribution >= 0.6 is 0 Å². The summed E-state index contributed by atoms with van der Waals surface area (Å²) in [6.45, 7) is 1.85. The maximum atomic E-state index is 14.2. The summed E-state index contributed by atoms with van der Waals surface area (Å²) in [5, 5.41) is 0. The number of carbonyl (C=O) groups excluding carboxylic acids is 1. The fourth-order valence-corrected chi connectivity index (χ4v) is 5.86. The summed E-state index contributed by atoms with van der Waals surface area (Å²) in [6, 6.07) is 11.6. The molecule has 10 nitrogen and oxygen atoms in total. The molecule has 0 saturated carbocycles. The molecule has 1 atom stereocenters. The van der Waals surface area contributed by atoms with Crippen LogP contribution in [0.2, 0.25) is 0 Å². The number of nitrogens with zero attached hydrogens (tertiary/aromatic N) is 6. The number of piperidine rings is 1. The maximum Gasteiger partial charge on any atom is 0.328 e. The van der Waals surface area contributed by atoms with E-state index in [0.29, 0.717) is 48.3 Å². The Morgan fingerprint density at radius 2 is 1.88 bits per heavy atom. The van der Waals surface area contributed by atoms with Crippen LogP contribution in [-0.4, -0.2) is 59.6 Å². The number of hydrogen-bond acceptors (Lipinski definition) is 6. The molecule has 11 heteroatoms. The van der Waals surface area contributed by atoms with Crippen LogP contribution < -0.4 is 10.4 Å². The zero-order valence-electron chi connectivity index (χ0n) is 21.8. The van der Waals surface area contributed by atoms with E-state index in [1.165, 1.54) is 18.5 Å². The third-order valence-electron chi connectivity index (χ3n) is 7.85. The van der Waals surface area contributed by atoms with Crippen LogP contribution in [0.5, 0.6) is 5.75 Å². The van der Waals surface area contributed by atoms with E-state index < -0.39 is 5.82 Å². The first-order chi connectivity index (χ1) is 19.6. The van der Waals surface area contributed by atoms with Crippen molar-refractivity contribution in [2.45, 2.75) is 44.6 Å². The molecule has 7 rings (SSSR count). The van der Waals surface area contributed by atoms with Crippen molar-refractivity contribution in [1.29, 1.82) is 0 Å². The first kappa shape index (κ1) is 24.5. The van der Waals surface area contributed by atoms with Crippen molar-refractivity contribution in [1.82, 2.24) is 34.0 Å². The van der Waals surface area contributed by atoms with Gasteiger partial charge in [-0.25, -0.2) is 19.2 Å². The number of hydrogen-bond donors (Lipinski definition) is 1. The van der Waals surface area contributed by atoms with E-state index in [-0.39, 0.29) is 29.3 Å². The number of aromatic amines is 1. The lowest BCUT2D eigenvalue weighted by molar-refractivity contribution is 0.0720. The van der Waals surface area contributed by atoms with E-state index >= 15 is 0 Å². The number of carbonyl (C=O) groups is 1. The van der Waals surface area contributed by atoms with Crippen molar-refractivity contribution < 1.29 is 13.9 Å². The van der Waals surface area contributed by atoms with Crippen molar-refractivity contribution in [3.8, 4) is 11.7 Å². The van der Waals surface area contributed by atoms with Gasteiger partial charge in [-0.05, 0) is 56.7 Å². The number of imidazole rings is 2. The number of rotatable bonds is 3. The van der Waals surface area contributed by atoms with Gasteiger partial charge in [0.15, 0.2) is 11.3 Å². The van der Waals surface area contributed by atoms with E-state index in [0.717, 1.165) is 43.4 Å². The third kappa shape index (κ3) is 4.12. The smallest absolute Gasteiger partial charge is 0.328 e. The largest absolute Gasteiger partial charge is 0.493 e. The van der Waals surface area contributed by atoms with Crippen molar-refractivity contribution in [3.63, 3.8) is 0 Å². The lowest BCUT2D eigenvalue weighted by atomic mass is 9.98. The van der Waals surface area contributed by atoms with Crippen molar-refractivity contribution in [3.05, 3.63) is 76.4 Å². The van der Waals surface area contributed by atoms with Gasteiger partial charge in [0.1, 0.15) is 23.4 Å². The molecule has 0 bridgehead atoms. The highest BCUT2D eigenvalue weighted by Gasteiger charge is 2.30. The van der Waals surface area contributed by atoms with Crippen LogP contribution in [0.1, 0.15) is 60.6 Å². The molecule has 5 aromatic rings. The summed E-state index contributed by atoms with van der Waals surface area (Å²) in [6.07, 6.45) is 6.80. The Bertz CT molecular complexity index is 1800. The fraction of sp³-hybridized carbons (Fsp3) is 0.345. The average molecular weight is 542 g/mol. The summed E-state index contributed by atoms with van der Waals surface area (Å²) in [5.41, 5.74) is 2.25. The van der Waals surface area contributed by atoms with Gasteiger partial charge >= 0.3 is 5.69 Å². The predicted molar refractivity (Wildman–Crippen MR) is 146 cm³/mol. The average Bonchev–Trinajstić information content (AvgIpc) is 3.53. The number of likely N-dealkylation sites (tertiary alicyclic amines) is 1. The lowest BCUT2D eigenvalue weighted by Crippen LogP contribution is -2.36. The SMILES string of the molecule is O=C(c1nc(-n2cnc3ccc(F)cc32)nc2c1[nH]c(=O)n2C1CCCCOc2ccccc21)N1CCCCC1. The molecule has 1 unspecified atom stereocenters. The number of benzene rings is 2. The van der Waals surface area contributed by atoms with Gasteiger partial charge in [-0.1, -0.05) is 18.2 Å². The first-order valence-electron chi connectivity index (χ1n) is 13.7. The molecule has 2 aromatic carbocycles. The fourth-order valence-electron chi connectivity index (χ4n) is 5.86. The number of ether oxygens (including phenoxy) is 1. The van der Waals surface area contributed by atoms with Crippen molar-refractivity contribution in [2.75, 3.05) is 19.7 Å². The summed E-state index contributed by atoms with van der Waals surface area (Å²) in [4.78, 5) is 46.0. The minimum Gasteiger partial charge on any atom is -0.493 e. The van der Waals surface area contributed by atoms with E-state index in [9.17, 15) is 14.0 Å². The van der Waals surface area contributed by atoms with Crippen LogP contribution in [-0.2, 0) is 0 Å². The molecular formula is C29H28FN7O3. The Morgan fingerprint density at radius 1 is 1.02 bits per heavy atom. The van der Waals surface area contributed by atoms with Gasteiger partial charge in [-0.3, -0.25) is 13.9 Å². The Labute approximate surface area is 228 Å². The van der Waals surface area contributed by atoms with Gasteiger partial charge in [0, 0.05) is 24.7 Å². The molecule has 1 amide bonds. The Morgan fingerprint density at radius 3 is 2.75 bits per heavy atom. The Hall–Kier alpha value is -4.54. The van der Waals surface area contributed by atoms with E-state index in [4.69, 9.17) is 9.72 Å². The van der Waals surface area contributed by atoms with Crippen LogP contribution in [0.25, 0.3) is 28.1 Å². The summed E-state index contributed by atoms with van der Waals surface area (Å²) in [7, 11) is 0. The summed E-state index contributed by atoms with van der Waals surface area (Å²) >= 11 is 0. The monoisotopic (exact) mass is 541 g/mol. The molecule has 0 radical (unpaired) electrons. The minimum atomic E-state index is -0.426. The van der Waals surface area contributed by atoms with Gasteiger partial charge in [-0.15, -0.1) is 0 Å². The van der Waals surface area contributed by atoms with Gasteiger partial charge in [0.25, 0.3) is 5.91 Å². The zero-order valence-corrected chi connectivity index (χ0v) is 21.8. The molecule has 204 valence electrons. The first-order valence-corrected chi connectivity index (χ1v) is 13.7. The van der Waals surface area contributed by atoms with Crippen LogP contribution in [0, 0.1) is 5.82 Å². The highest BCUT2D eigenvalue weighted by atomic mass is 19.1. The van der Waals surface area contributed by atoms with Crippen molar-refractivity contribution >= 4 is 28.1 Å². The van der Waals surface area contributed by atoms with Gasteiger partial charge in [0.2, 0.25) is 5.95 Å². The number of nitrogens with one attached hydrogen (secondary N) is 1. The van der Waals surface area contributed by atoms with Crippen LogP contribution in [0.3, 0.4) is 0 Å². The number of halogens is 1. The minimum absolute atomic E-state index is 0.117. The van der Waals surface area contributed by atoms with Gasteiger partial charge in [0.05, 0.1) is 23.7 Å². The van der Waals surface area contributed by atoms with E-state index in [1.807, 2.05) is 24.3 Å². The third-order valence-corrected chi connectivity index (χ3v) is 7.85. The molecule has 1 N–H and O–H groups in total. The molecule has 2 aliphatic rings. The highest BCUT2D eigenvalue weighted by molar-refractivity contribution is 6.02. The van der Waals surface area contributed by atoms with Crippen molar-refractivity contribution in [2.24, 2.45) is 0 Å². The van der Waals surface area contributed by atoms with Crippen LogP contribution in [0.15, 0.2) is 53.6 Å². The Kier molecular flexibility index (Phi) is 6.06. The topological polar surface area (TPSA) is 111 Å². The molecule has 2 aliphatic heterocycles. The lowest BCUT2D eigenvalue weighted by Gasteiger charge is -2.26. The second-order valence-electron chi connectivity index (χ2n) is 10.4. The van der Waals surface area contributed by atoms with E-state index in [2.05, 4.69) is 15.0 Å². The predicted octanol–water partition coefficient (Wildman–Crippen LogP) is 4.38. The molecule has 0 aliphatic carbocycles. The zero-order chi connectivity index (χ0) is 27.2. The molecule has 3 aromatic heterocycles. The molecule has 0 spiro atoms. The maximum absolute atomic E-state index is 14.2. The molecule has 5 heterocycles. The second-order valence-corrected chi connectivity index (χ2v) is 10.4. The summed E-state index contributed by atoms with van der Waals surface area (Å²) < 4.78 is 23.4. The number of H-pyrrole nitrogens is 1. The van der Waals surface area contributed by atoms with E-state index in [1.54, 1.807) is 20.1 Å². The Balaban J connectivity index is 1.48. The standard InChI is InChI=1S/C29H28FN7O3/c30-18-11-12-20-22(16-18)36(17-31-20)28-32-25(27(38)35-13-5-1-6-14-35)24-26(34-28)37(29(39)33-24)21-9-4-7-15-40-23-10-3-2-8-19(21)23/h2-3,8,10-12,16-17,21H,1,4-7,9,13-15H2,(H,33,39). The number of aromatic nitrogens is 6. The van der Waals surface area contributed by atoms with Gasteiger partial charge in [-0.2, -0.15) is 4.98 Å². The molecular weight excluding hydrogens is 513 g/mol. The second kappa shape index (κ2) is 9.89. The van der Waals surface area contributed by atoms with Crippen LogP contribution in [0.4, 0.5) is 4.39 Å². The number of amides is 1. The molecule has 1 fully saturated rings. The molecule has 1 saturated heterocycles.